The number of benzene rings is 1. The fourth-order valence-electron chi connectivity index (χ4n) is 0.988. The van der Waals surface area contributed by atoms with Crippen LogP contribution in [0, 0.1) is 35.1 Å². The molecule has 1 nitrogen and oxygen atoms in total. The van der Waals surface area contributed by atoms with Gasteiger partial charge in [-0.1, -0.05) is 43.8 Å². The van der Waals surface area contributed by atoms with Crippen molar-refractivity contribution >= 4 is 13.9 Å². The molecule has 1 rings (SSSR count). The van der Waals surface area contributed by atoms with Gasteiger partial charge < -0.3 is 0 Å². The molecule has 88 valence electrons. The Labute approximate surface area is 110 Å². The van der Waals surface area contributed by atoms with Crippen LogP contribution in [0.15, 0.2) is 30.3 Å². The maximum absolute atomic E-state index is 11.3. The minimum atomic E-state index is -1.41. The largest absolute Gasteiger partial charge is 0.280 e. The zero-order chi connectivity index (χ0) is 13.4. The molecule has 0 atom stereocenters. The van der Waals surface area contributed by atoms with Crippen molar-refractivity contribution in [1.82, 2.24) is 0 Å². The molecule has 0 spiro atoms. The lowest BCUT2D eigenvalue weighted by molar-refractivity contribution is -0.108. The molecule has 18 heavy (non-hydrogen) atoms. The average molecular weight is 250 g/mol. The van der Waals surface area contributed by atoms with Gasteiger partial charge in [0.1, 0.15) is 8.07 Å². The summed E-state index contributed by atoms with van der Waals surface area (Å²) in [5.74, 6) is 12.5. The summed E-state index contributed by atoms with van der Waals surface area (Å²) in [6, 6.07) is 9.34. The first kappa shape index (κ1) is 13.9. The standard InChI is InChI=1S/C16H14OSi/c1-18(2,3)14-8-7-11-16(17)13-12-15-9-5-4-6-10-15/h4-6,9-10H,1-3H3. The molecule has 0 N–H and O–H groups in total. The molecule has 1 aromatic rings. The van der Waals surface area contributed by atoms with Crippen molar-refractivity contribution in [2.45, 2.75) is 19.6 Å². The molecule has 0 radical (unpaired) electrons. The summed E-state index contributed by atoms with van der Waals surface area (Å²) in [5, 5.41) is 0. The summed E-state index contributed by atoms with van der Waals surface area (Å²) in [6.07, 6.45) is 0. The maximum atomic E-state index is 11.3. The van der Waals surface area contributed by atoms with E-state index >= 15 is 0 Å². The third-order valence-electron chi connectivity index (χ3n) is 1.77. The van der Waals surface area contributed by atoms with Gasteiger partial charge in [-0.2, -0.15) is 0 Å². The van der Waals surface area contributed by atoms with E-state index in [-0.39, 0.29) is 0 Å². The summed E-state index contributed by atoms with van der Waals surface area (Å²) in [6.45, 7) is 6.37. The Balaban J connectivity index is 2.66. The van der Waals surface area contributed by atoms with E-state index in [0.717, 1.165) is 5.56 Å². The SMILES string of the molecule is C[Si](C)(C)C#CC#CC(=O)C#Cc1ccccc1. The molecule has 0 aliphatic carbocycles. The smallest absolute Gasteiger partial charge is 0.270 e. The summed E-state index contributed by atoms with van der Waals surface area (Å²) in [5.41, 5.74) is 3.87. The lowest BCUT2D eigenvalue weighted by Gasteiger charge is -2.01. The lowest BCUT2D eigenvalue weighted by Crippen LogP contribution is -2.16. The highest BCUT2D eigenvalue weighted by molar-refractivity contribution is 6.83. The van der Waals surface area contributed by atoms with Crippen LogP contribution in [0.1, 0.15) is 5.56 Å². The van der Waals surface area contributed by atoms with E-state index in [2.05, 4.69) is 54.8 Å². The molecule has 0 amide bonds. The molecule has 0 aliphatic rings. The zero-order valence-electron chi connectivity index (χ0n) is 10.8. The van der Waals surface area contributed by atoms with Crippen LogP contribution in [0.5, 0.6) is 0 Å². The number of carbonyl (C=O) groups excluding carboxylic acids is 1. The molecule has 1 aromatic carbocycles. The van der Waals surface area contributed by atoms with Gasteiger partial charge in [-0.05, 0) is 35.8 Å². The van der Waals surface area contributed by atoms with Crippen molar-refractivity contribution < 1.29 is 4.79 Å². The third kappa shape index (κ3) is 6.39. The van der Waals surface area contributed by atoms with Gasteiger partial charge in [0.2, 0.25) is 0 Å². The number of ketones is 1. The van der Waals surface area contributed by atoms with Crippen LogP contribution in [0.25, 0.3) is 0 Å². The first-order chi connectivity index (χ1) is 8.47. The van der Waals surface area contributed by atoms with Gasteiger partial charge in [0, 0.05) is 5.56 Å². The molecule has 0 saturated heterocycles. The molecule has 0 saturated carbocycles. The highest BCUT2D eigenvalue weighted by Gasteiger charge is 2.06. The Morgan fingerprint density at radius 1 is 1.00 bits per heavy atom. The van der Waals surface area contributed by atoms with Crippen LogP contribution < -0.4 is 0 Å². The number of carbonyl (C=O) groups is 1. The molecule has 2 heteroatoms. The Morgan fingerprint density at radius 3 is 2.28 bits per heavy atom. The summed E-state index contributed by atoms with van der Waals surface area (Å²) in [4.78, 5) is 11.3. The molecule has 0 fully saturated rings. The molecule has 0 unspecified atom stereocenters. The molecular weight excluding hydrogens is 236 g/mol. The van der Waals surface area contributed by atoms with E-state index in [9.17, 15) is 4.79 Å². The summed E-state index contributed by atoms with van der Waals surface area (Å²) >= 11 is 0. The molecule has 0 bridgehead atoms. The second kappa shape index (κ2) is 6.50. The number of hydrogen-bond acceptors (Lipinski definition) is 1. The summed E-state index contributed by atoms with van der Waals surface area (Å²) in [7, 11) is -1.41. The van der Waals surface area contributed by atoms with Crippen molar-refractivity contribution in [3.63, 3.8) is 0 Å². The van der Waals surface area contributed by atoms with Crippen LogP contribution in [0.4, 0.5) is 0 Å². The first-order valence-corrected chi connectivity index (χ1v) is 9.11. The second-order valence-corrected chi connectivity index (χ2v) is 9.45. The van der Waals surface area contributed by atoms with Gasteiger partial charge >= 0.3 is 0 Å². The summed E-state index contributed by atoms with van der Waals surface area (Å²) < 4.78 is 0. The van der Waals surface area contributed by atoms with E-state index in [1.807, 2.05) is 30.3 Å². The topological polar surface area (TPSA) is 17.1 Å². The van der Waals surface area contributed by atoms with Gasteiger partial charge in [0.15, 0.2) is 0 Å². The van der Waals surface area contributed by atoms with Crippen molar-refractivity contribution in [1.29, 1.82) is 0 Å². The molecule has 0 aliphatic heterocycles. The van der Waals surface area contributed by atoms with E-state index in [4.69, 9.17) is 0 Å². The zero-order valence-corrected chi connectivity index (χ0v) is 11.8. The van der Waals surface area contributed by atoms with Gasteiger partial charge in [-0.25, -0.2) is 0 Å². The first-order valence-electron chi connectivity index (χ1n) is 5.61. The maximum Gasteiger partial charge on any atom is 0.280 e. The second-order valence-electron chi connectivity index (χ2n) is 4.70. The quantitative estimate of drug-likeness (QED) is 0.393. The third-order valence-corrected chi connectivity index (χ3v) is 2.65. The predicted octanol–water partition coefficient (Wildman–Crippen LogP) is 2.49. The highest BCUT2D eigenvalue weighted by Crippen LogP contribution is 1.95. The lowest BCUT2D eigenvalue weighted by atomic mass is 10.2. The number of hydrogen-bond donors (Lipinski definition) is 0. The minimum Gasteiger partial charge on any atom is -0.270 e. The van der Waals surface area contributed by atoms with Crippen LogP contribution >= 0.6 is 0 Å². The van der Waals surface area contributed by atoms with Crippen molar-refractivity contribution in [2.24, 2.45) is 0 Å². The van der Waals surface area contributed by atoms with Crippen molar-refractivity contribution in [3.05, 3.63) is 35.9 Å². The molecule has 0 heterocycles. The number of rotatable bonds is 0. The fourth-order valence-corrected chi connectivity index (χ4v) is 1.43. The Hall–Kier alpha value is -2.21. The Kier molecular flexibility index (Phi) is 5.01. The average Bonchev–Trinajstić information content (AvgIpc) is 2.32. The van der Waals surface area contributed by atoms with Crippen molar-refractivity contribution in [2.75, 3.05) is 0 Å². The predicted molar refractivity (Wildman–Crippen MR) is 77.2 cm³/mol. The van der Waals surface area contributed by atoms with E-state index < -0.39 is 13.9 Å². The van der Waals surface area contributed by atoms with E-state index in [1.54, 1.807) is 0 Å². The van der Waals surface area contributed by atoms with E-state index in [1.165, 1.54) is 0 Å². The van der Waals surface area contributed by atoms with E-state index in [0.29, 0.717) is 0 Å². The van der Waals surface area contributed by atoms with Crippen LogP contribution in [-0.2, 0) is 4.79 Å². The van der Waals surface area contributed by atoms with Gasteiger partial charge in [-0.3, -0.25) is 4.79 Å². The molecular formula is C16H14OSi. The highest BCUT2D eigenvalue weighted by atomic mass is 28.3. The normalized spacial score (nSPS) is 8.83. The Bertz CT molecular complexity index is 602. The fraction of sp³-hybridized carbons (Fsp3) is 0.188. The monoisotopic (exact) mass is 250 g/mol. The number of Topliss-reactive ketones (excluding diaryl/α,β-unsaturated/α-hetero) is 1. The molecule has 0 aromatic heterocycles. The van der Waals surface area contributed by atoms with Crippen molar-refractivity contribution in [3.8, 4) is 35.1 Å². The minimum absolute atomic E-state index is 0.399. The Morgan fingerprint density at radius 2 is 1.67 bits per heavy atom. The van der Waals surface area contributed by atoms with Crippen LogP contribution in [0.2, 0.25) is 19.6 Å². The van der Waals surface area contributed by atoms with Gasteiger partial charge in [0.25, 0.3) is 5.78 Å². The van der Waals surface area contributed by atoms with Gasteiger partial charge in [-0.15, -0.1) is 5.54 Å². The van der Waals surface area contributed by atoms with Crippen LogP contribution in [0.3, 0.4) is 0 Å². The van der Waals surface area contributed by atoms with Gasteiger partial charge in [0.05, 0.1) is 0 Å². The van der Waals surface area contributed by atoms with Crippen LogP contribution in [-0.4, -0.2) is 13.9 Å².